The van der Waals surface area contributed by atoms with Crippen molar-refractivity contribution < 1.29 is 13.5 Å². The van der Waals surface area contributed by atoms with Crippen molar-refractivity contribution in [2.24, 2.45) is 0 Å². The third-order valence-electron chi connectivity index (χ3n) is 3.28. The number of rotatable bonds is 5. The predicted octanol–water partition coefficient (Wildman–Crippen LogP) is 3.17. The van der Waals surface area contributed by atoms with E-state index in [1.54, 1.807) is 6.07 Å². The van der Waals surface area contributed by atoms with Crippen LogP contribution in [0.5, 0.6) is 0 Å². The molecule has 0 saturated carbocycles. The molecule has 0 aliphatic rings. The zero-order chi connectivity index (χ0) is 17.0. The molecule has 1 amide bonds. The van der Waals surface area contributed by atoms with E-state index in [1.165, 1.54) is 0 Å². The Hall–Kier alpha value is -1.95. The summed E-state index contributed by atoms with van der Waals surface area (Å²) in [5.41, 5.74) is 2.71. The van der Waals surface area contributed by atoms with Gasteiger partial charge >= 0.3 is 0 Å². The van der Waals surface area contributed by atoms with Crippen LogP contribution in [0.25, 0.3) is 0 Å². The molecule has 0 aliphatic heterocycles. The molecule has 124 valence electrons. The standard InChI is InChI=1S/C17H22N2O3S/c1-12-5-7-13(8-6-12)10-23(21)11-15(20)18-16-9-14(19-22-16)17(2,3)4/h5-9H,10-11H2,1-4H3,(H,18,20). The summed E-state index contributed by atoms with van der Waals surface area (Å²) in [6, 6.07) is 9.49. The highest BCUT2D eigenvalue weighted by Gasteiger charge is 2.20. The van der Waals surface area contributed by atoms with Crippen LogP contribution in [-0.2, 0) is 26.8 Å². The maximum absolute atomic E-state index is 12.1. The molecule has 6 heteroatoms. The van der Waals surface area contributed by atoms with Gasteiger partial charge in [-0.05, 0) is 12.5 Å². The van der Waals surface area contributed by atoms with Gasteiger partial charge in [0.1, 0.15) is 5.75 Å². The molecule has 0 bridgehead atoms. The van der Waals surface area contributed by atoms with Crippen molar-refractivity contribution in [1.29, 1.82) is 0 Å². The van der Waals surface area contributed by atoms with Gasteiger partial charge in [0.25, 0.3) is 0 Å². The van der Waals surface area contributed by atoms with Crippen LogP contribution in [0.15, 0.2) is 34.9 Å². The van der Waals surface area contributed by atoms with E-state index in [9.17, 15) is 9.00 Å². The minimum atomic E-state index is -1.27. The van der Waals surface area contributed by atoms with Crippen LogP contribution in [-0.4, -0.2) is 21.0 Å². The summed E-state index contributed by atoms with van der Waals surface area (Å²) in [5, 5.41) is 6.53. The van der Waals surface area contributed by atoms with Crippen molar-refractivity contribution in [3.63, 3.8) is 0 Å². The van der Waals surface area contributed by atoms with Crippen LogP contribution >= 0.6 is 0 Å². The Balaban J connectivity index is 1.88. The zero-order valence-corrected chi connectivity index (χ0v) is 14.7. The molecule has 0 spiro atoms. The van der Waals surface area contributed by atoms with Crippen LogP contribution in [0.4, 0.5) is 5.88 Å². The number of benzene rings is 1. The zero-order valence-electron chi connectivity index (χ0n) is 13.9. The molecule has 1 unspecified atom stereocenters. The van der Waals surface area contributed by atoms with E-state index >= 15 is 0 Å². The first-order valence-corrected chi connectivity index (χ1v) is 8.90. The van der Waals surface area contributed by atoms with E-state index in [0.717, 1.165) is 16.8 Å². The fraction of sp³-hybridized carbons (Fsp3) is 0.412. The number of aromatic nitrogens is 1. The van der Waals surface area contributed by atoms with Gasteiger partial charge < -0.3 is 4.52 Å². The number of carbonyl (C=O) groups excluding carboxylic acids is 1. The van der Waals surface area contributed by atoms with Gasteiger partial charge in [-0.3, -0.25) is 14.3 Å². The quantitative estimate of drug-likeness (QED) is 0.911. The number of nitrogens with one attached hydrogen (secondary N) is 1. The summed E-state index contributed by atoms with van der Waals surface area (Å²) in [4.78, 5) is 11.9. The molecular weight excluding hydrogens is 312 g/mol. The first kappa shape index (κ1) is 17.4. The molecule has 1 heterocycles. The maximum atomic E-state index is 12.1. The largest absolute Gasteiger partial charge is 0.338 e. The van der Waals surface area contributed by atoms with Crippen molar-refractivity contribution in [3.05, 3.63) is 47.2 Å². The van der Waals surface area contributed by atoms with Crippen LogP contribution in [0.2, 0.25) is 0 Å². The van der Waals surface area contributed by atoms with Crippen LogP contribution in [0.1, 0.15) is 37.6 Å². The van der Waals surface area contributed by atoms with E-state index < -0.39 is 10.8 Å². The summed E-state index contributed by atoms with van der Waals surface area (Å²) in [7, 11) is -1.27. The number of carbonyl (C=O) groups is 1. The molecule has 1 N–H and O–H groups in total. The Morgan fingerprint density at radius 1 is 1.26 bits per heavy atom. The van der Waals surface area contributed by atoms with Crippen molar-refractivity contribution in [2.45, 2.75) is 38.9 Å². The third-order valence-corrected chi connectivity index (χ3v) is 4.52. The minimum absolute atomic E-state index is 0.0700. The monoisotopic (exact) mass is 334 g/mol. The first-order chi connectivity index (χ1) is 10.7. The van der Waals surface area contributed by atoms with Crippen molar-refractivity contribution in [1.82, 2.24) is 5.16 Å². The van der Waals surface area contributed by atoms with Gasteiger partial charge in [0.15, 0.2) is 0 Å². The summed E-state index contributed by atoms with van der Waals surface area (Å²) in [5.74, 6) is 0.232. The van der Waals surface area contributed by atoms with Crippen molar-refractivity contribution in [3.8, 4) is 0 Å². The number of anilines is 1. The average Bonchev–Trinajstić information content (AvgIpc) is 2.89. The Bertz CT molecular complexity index is 699. The van der Waals surface area contributed by atoms with Gasteiger partial charge in [-0.1, -0.05) is 55.8 Å². The number of aryl methyl sites for hydroxylation is 1. The molecule has 5 nitrogen and oxygen atoms in total. The van der Waals surface area contributed by atoms with E-state index in [1.807, 2.05) is 52.0 Å². The van der Waals surface area contributed by atoms with Crippen molar-refractivity contribution in [2.75, 3.05) is 11.1 Å². The molecule has 23 heavy (non-hydrogen) atoms. The van der Waals surface area contributed by atoms with E-state index in [-0.39, 0.29) is 23.0 Å². The molecule has 2 aromatic rings. The van der Waals surface area contributed by atoms with E-state index in [2.05, 4.69) is 10.5 Å². The van der Waals surface area contributed by atoms with Gasteiger partial charge in [0.2, 0.25) is 11.8 Å². The summed E-state index contributed by atoms with van der Waals surface area (Å²) in [6.45, 7) is 8.02. The van der Waals surface area contributed by atoms with Crippen LogP contribution < -0.4 is 5.32 Å². The number of amides is 1. The van der Waals surface area contributed by atoms with Crippen LogP contribution in [0.3, 0.4) is 0 Å². The topological polar surface area (TPSA) is 72.2 Å². The highest BCUT2D eigenvalue weighted by molar-refractivity contribution is 7.84. The lowest BCUT2D eigenvalue weighted by Gasteiger charge is -2.12. The molecule has 0 radical (unpaired) electrons. The first-order valence-electron chi connectivity index (χ1n) is 7.41. The molecule has 1 atom stereocenters. The van der Waals surface area contributed by atoms with Gasteiger partial charge in [0, 0.05) is 28.0 Å². The lowest BCUT2D eigenvalue weighted by atomic mass is 9.92. The second-order valence-electron chi connectivity index (χ2n) is 6.59. The Labute approximate surface area is 138 Å². The van der Waals surface area contributed by atoms with Gasteiger partial charge in [-0.25, -0.2) is 0 Å². The lowest BCUT2D eigenvalue weighted by molar-refractivity contribution is -0.114. The number of hydrogen-bond donors (Lipinski definition) is 1. The second kappa shape index (κ2) is 7.08. The molecular formula is C17H22N2O3S. The number of nitrogens with zero attached hydrogens (tertiary/aromatic N) is 1. The Morgan fingerprint density at radius 2 is 1.91 bits per heavy atom. The molecule has 1 aromatic carbocycles. The van der Waals surface area contributed by atoms with Gasteiger partial charge in [-0.2, -0.15) is 0 Å². The fourth-order valence-electron chi connectivity index (χ4n) is 1.93. The SMILES string of the molecule is Cc1ccc(CS(=O)CC(=O)Nc2cc(C(C)(C)C)no2)cc1. The minimum Gasteiger partial charge on any atom is -0.338 e. The Kier molecular flexibility index (Phi) is 5.36. The maximum Gasteiger partial charge on any atom is 0.239 e. The number of hydrogen-bond acceptors (Lipinski definition) is 4. The summed E-state index contributed by atoms with van der Waals surface area (Å²) in [6.07, 6.45) is 0. The van der Waals surface area contributed by atoms with Crippen molar-refractivity contribution >= 4 is 22.6 Å². The second-order valence-corrected chi connectivity index (χ2v) is 8.05. The normalized spacial score (nSPS) is 12.9. The molecule has 1 aromatic heterocycles. The molecule has 2 rings (SSSR count). The molecule has 0 aliphatic carbocycles. The van der Waals surface area contributed by atoms with Gasteiger partial charge in [0.05, 0.1) is 5.69 Å². The van der Waals surface area contributed by atoms with E-state index in [0.29, 0.717) is 5.75 Å². The van der Waals surface area contributed by atoms with Crippen LogP contribution in [0, 0.1) is 6.92 Å². The lowest BCUT2D eigenvalue weighted by Crippen LogP contribution is -2.20. The highest BCUT2D eigenvalue weighted by atomic mass is 32.2. The molecule has 0 fully saturated rings. The highest BCUT2D eigenvalue weighted by Crippen LogP contribution is 2.23. The molecule has 0 saturated heterocycles. The third kappa shape index (κ3) is 5.32. The Morgan fingerprint density at radius 3 is 2.48 bits per heavy atom. The predicted molar refractivity (Wildman–Crippen MR) is 91.7 cm³/mol. The van der Waals surface area contributed by atoms with E-state index in [4.69, 9.17) is 4.52 Å². The fourth-order valence-corrected chi connectivity index (χ4v) is 2.96. The smallest absolute Gasteiger partial charge is 0.239 e. The van der Waals surface area contributed by atoms with Gasteiger partial charge in [-0.15, -0.1) is 0 Å². The average molecular weight is 334 g/mol. The summed E-state index contributed by atoms with van der Waals surface area (Å²) >= 11 is 0. The summed E-state index contributed by atoms with van der Waals surface area (Å²) < 4.78 is 17.2.